The third-order valence-corrected chi connectivity index (χ3v) is 3.45. The summed E-state index contributed by atoms with van der Waals surface area (Å²) >= 11 is 0. The summed E-state index contributed by atoms with van der Waals surface area (Å²) in [5.74, 6) is -0.167. The van der Waals surface area contributed by atoms with Crippen molar-refractivity contribution in [3.8, 4) is 0 Å². The third kappa shape index (κ3) is 3.42. The van der Waals surface area contributed by atoms with E-state index in [2.05, 4.69) is 19.2 Å². The molecule has 4 heteroatoms. The zero-order valence-corrected chi connectivity index (χ0v) is 11.6. The summed E-state index contributed by atoms with van der Waals surface area (Å²) in [6, 6.07) is 0.298. The lowest BCUT2D eigenvalue weighted by Gasteiger charge is -2.42. The Balaban J connectivity index is 2.88. The highest BCUT2D eigenvalue weighted by molar-refractivity contribution is 5.81. The molecule has 1 heterocycles. The second-order valence-electron chi connectivity index (χ2n) is 5.19. The van der Waals surface area contributed by atoms with Crippen LogP contribution in [0.15, 0.2) is 0 Å². The minimum atomic E-state index is -0.582. The van der Waals surface area contributed by atoms with E-state index in [0.717, 1.165) is 6.42 Å². The SMILES string of the molecule is CCC(C)NC1(C(=O)OC)CC(C)OC(C)C1. The van der Waals surface area contributed by atoms with E-state index in [9.17, 15) is 4.79 Å². The normalized spacial score (nSPS) is 35.4. The maximum absolute atomic E-state index is 12.1. The van der Waals surface area contributed by atoms with Gasteiger partial charge in [0.1, 0.15) is 5.54 Å². The molecule has 0 aromatic rings. The molecule has 0 saturated carbocycles. The van der Waals surface area contributed by atoms with E-state index in [4.69, 9.17) is 9.47 Å². The van der Waals surface area contributed by atoms with Crippen molar-refractivity contribution in [3.05, 3.63) is 0 Å². The molecule has 0 spiro atoms. The van der Waals surface area contributed by atoms with Crippen LogP contribution in [-0.2, 0) is 14.3 Å². The van der Waals surface area contributed by atoms with Crippen LogP contribution in [0.4, 0.5) is 0 Å². The molecule has 0 amide bonds. The number of hydrogen-bond acceptors (Lipinski definition) is 4. The molecule has 1 saturated heterocycles. The fraction of sp³-hybridized carbons (Fsp3) is 0.923. The molecule has 1 aliphatic heterocycles. The van der Waals surface area contributed by atoms with Crippen molar-refractivity contribution in [3.63, 3.8) is 0 Å². The Labute approximate surface area is 104 Å². The van der Waals surface area contributed by atoms with Gasteiger partial charge in [-0.05, 0) is 27.2 Å². The van der Waals surface area contributed by atoms with Crippen LogP contribution >= 0.6 is 0 Å². The molecule has 1 rings (SSSR count). The van der Waals surface area contributed by atoms with Crippen LogP contribution in [0.2, 0.25) is 0 Å². The molecule has 1 aliphatic rings. The first-order valence-corrected chi connectivity index (χ1v) is 6.45. The van der Waals surface area contributed by atoms with Gasteiger partial charge < -0.3 is 9.47 Å². The standard InChI is InChI=1S/C13H25NO3/c1-6-9(2)14-13(12(15)16-5)7-10(3)17-11(4)8-13/h9-11,14H,6-8H2,1-5H3. The summed E-state index contributed by atoms with van der Waals surface area (Å²) in [6.45, 7) is 8.21. The number of ether oxygens (including phenoxy) is 2. The maximum Gasteiger partial charge on any atom is 0.326 e. The summed E-state index contributed by atoms with van der Waals surface area (Å²) in [5, 5.41) is 3.44. The highest BCUT2D eigenvalue weighted by Crippen LogP contribution is 2.30. The molecule has 4 nitrogen and oxygen atoms in total. The number of esters is 1. The Morgan fingerprint density at radius 3 is 2.41 bits per heavy atom. The van der Waals surface area contributed by atoms with E-state index in [1.54, 1.807) is 0 Å². The molecule has 0 aromatic heterocycles. The van der Waals surface area contributed by atoms with Crippen molar-refractivity contribution in [2.24, 2.45) is 0 Å². The van der Waals surface area contributed by atoms with Crippen molar-refractivity contribution >= 4 is 5.97 Å². The Kier molecular flexibility index (Phi) is 4.95. The lowest BCUT2D eigenvalue weighted by atomic mass is 9.83. The summed E-state index contributed by atoms with van der Waals surface area (Å²) in [7, 11) is 1.45. The van der Waals surface area contributed by atoms with E-state index in [-0.39, 0.29) is 18.2 Å². The lowest BCUT2D eigenvalue weighted by molar-refractivity contribution is -0.160. The summed E-state index contributed by atoms with van der Waals surface area (Å²) in [6.07, 6.45) is 2.49. The molecule has 0 aromatic carbocycles. The number of hydrogen-bond donors (Lipinski definition) is 1. The smallest absolute Gasteiger partial charge is 0.326 e. The van der Waals surface area contributed by atoms with Gasteiger partial charge in [-0.15, -0.1) is 0 Å². The highest BCUT2D eigenvalue weighted by Gasteiger charge is 2.46. The predicted octanol–water partition coefficient (Wildman–Crippen LogP) is 1.87. The van der Waals surface area contributed by atoms with Gasteiger partial charge in [-0.1, -0.05) is 6.92 Å². The van der Waals surface area contributed by atoms with Gasteiger partial charge in [0, 0.05) is 18.9 Å². The van der Waals surface area contributed by atoms with Gasteiger partial charge in [-0.25, -0.2) is 0 Å². The van der Waals surface area contributed by atoms with Crippen molar-refractivity contribution in [2.75, 3.05) is 7.11 Å². The van der Waals surface area contributed by atoms with Crippen LogP contribution in [0.25, 0.3) is 0 Å². The first-order valence-electron chi connectivity index (χ1n) is 6.45. The fourth-order valence-corrected chi connectivity index (χ4v) is 2.67. The number of rotatable bonds is 4. The Hall–Kier alpha value is -0.610. The van der Waals surface area contributed by atoms with E-state index in [1.807, 2.05) is 13.8 Å². The van der Waals surface area contributed by atoms with E-state index in [0.29, 0.717) is 18.9 Å². The monoisotopic (exact) mass is 243 g/mol. The van der Waals surface area contributed by atoms with Crippen LogP contribution in [0.3, 0.4) is 0 Å². The summed E-state index contributed by atoms with van der Waals surface area (Å²) < 4.78 is 10.7. The molecule has 100 valence electrons. The van der Waals surface area contributed by atoms with Gasteiger partial charge in [0.2, 0.25) is 0 Å². The van der Waals surface area contributed by atoms with Gasteiger partial charge in [-0.2, -0.15) is 0 Å². The Morgan fingerprint density at radius 2 is 2.00 bits per heavy atom. The van der Waals surface area contributed by atoms with Crippen molar-refractivity contribution < 1.29 is 14.3 Å². The maximum atomic E-state index is 12.1. The molecule has 1 N–H and O–H groups in total. The molecular formula is C13H25NO3. The van der Waals surface area contributed by atoms with Crippen LogP contribution in [0.1, 0.15) is 47.0 Å². The number of nitrogens with one attached hydrogen (secondary N) is 1. The fourth-order valence-electron chi connectivity index (χ4n) is 2.67. The highest BCUT2D eigenvalue weighted by atomic mass is 16.5. The number of carbonyl (C=O) groups is 1. The largest absolute Gasteiger partial charge is 0.468 e. The van der Waals surface area contributed by atoms with Gasteiger partial charge in [-0.3, -0.25) is 10.1 Å². The summed E-state index contributed by atoms with van der Waals surface area (Å²) in [5.41, 5.74) is -0.582. The van der Waals surface area contributed by atoms with Crippen LogP contribution in [0.5, 0.6) is 0 Å². The number of methoxy groups -OCH3 is 1. The quantitative estimate of drug-likeness (QED) is 0.766. The van der Waals surface area contributed by atoms with E-state index >= 15 is 0 Å². The Morgan fingerprint density at radius 1 is 1.47 bits per heavy atom. The minimum Gasteiger partial charge on any atom is -0.468 e. The molecule has 1 fully saturated rings. The predicted molar refractivity (Wildman–Crippen MR) is 66.9 cm³/mol. The molecule has 0 aliphatic carbocycles. The van der Waals surface area contributed by atoms with Crippen molar-refractivity contribution in [2.45, 2.75) is 70.7 Å². The first kappa shape index (κ1) is 14.5. The molecule has 3 unspecified atom stereocenters. The topological polar surface area (TPSA) is 47.6 Å². The Bertz CT molecular complexity index is 257. The van der Waals surface area contributed by atoms with Crippen molar-refractivity contribution in [1.29, 1.82) is 0 Å². The molecule has 0 bridgehead atoms. The van der Waals surface area contributed by atoms with Crippen LogP contribution < -0.4 is 5.32 Å². The second kappa shape index (κ2) is 5.83. The lowest BCUT2D eigenvalue weighted by Crippen LogP contribution is -2.61. The average molecular weight is 243 g/mol. The van der Waals surface area contributed by atoms with Crippen LogP contribution in [0, 0.1) is 0 Å². The van der Waals surface area contributed by atoms with E-state index < -0.39 is 5.54 Å². The molecule has 17 heavy (non-hydrogen) atoms. The first-order chi connectivity index (χ1) is 7.93. The number of carbonyl (C=O) groups excluding carboxylic acids is 1. The molecule has 0 radical (unpaired) electrons. The third-order valence-electron chi connectivity index (χ3n) is 3.45. The van der Waals surface area contributed by atoms with Crippen molar-refractivity contribution in [1.82, 2.24) is 5.32 Å². The van der Waals surface area contributed by atoms with Gasteiger partial charge in [0.15, 0.2) is 0 Å². The zero-order valence-electron chi connectivity index (χ0n) is 11.6. The molecule has 3 atom stereocenters. The minimum absolute atomic E-state index is 0.0782. The van der Waals surface area contributed by atoms with Gasteiger partial charge in [0.05, 0.1) is 19.3 Å². The summed E-state index contributed by atoms with van der Waals surface area (Å²) in [4.78, 5) is 12.1. The average Bonchev–Trinajstić information content (AvgIpc) is 2.26. The van der Waals surface area contributed by atoms with Crippen LogP contribution in [-0.4, -0.2) is 36.9 Å². The molecular weight excluding hydrogens is 218 g/mol. The van der Waals surface area contributed by atoms with Gasteiger partial charge >= 0.3 is 5.97 Å². The zero-order chi connectivity index (χ0) is 13.1. The van der Waals surface area contributed by atoms with E-state index in [1.165, 1.54) is 7.11 Å². The van der Waals surface area contributed by atoms with Gasteiger partial charge in [0.25, 0.3) is 0 Å². The second-order valence-corrected chi connectivity index (χ2v) is 5.19.